The van der Waals surface area contributed by atoms with E-state index in [-0.39, 0.29) is 12.5 Å². The summed E-state index contributed by atoms with van der Waals surface area (Å²) in [6.07, 6.45) is 2.16. The number of nitrogen functional groups attached to an aromatic ring is 1. The van der Waals surface area contributed by atoms with E-state index in [0.29, 0.717) is 23.0 Å². The van der Waals surface area contributed by atoms with Crippen LogP contribution >= 0.6 is 0 Å². The van der Waals surface area contributed by atoms with E-state index in [4.69, 9.17) is 15.2 Å². The van der Waals surface area contributed by atoms with Crippen LogP contribution in [0.5, 0.6) is 5.75 Å². The normalized spacial score (nSPS) is 18.6. The van der Waals surface area contributed by atoms with Gasteiger partial charge in [0.25, 0.3) is 5.91 Å². The molecule has 21 heavy (non-hydrogen) atoms. The fourth-order valence-corrected chi connectivity index (χ4v) is 2.88. The molecular weight excluding hydrogens is 270 g/mol. The molecule has 1 aromatic rings. The predicted octanol–water partition coefficient (Wildman–Crippen LogP) is 1.46. The lowest BCUT2D eigenvalue weighted by molar-refractivity contribution is -0.118. The number of fused-ring (bicyclic) bond motifs is 1. The van der Waals surface area contributed by atoms with E-state index in [1.54, 1.807) is 6.07 Å². The SMILES string of the molecule is CN(CC1CCOCC1)c1cc2c(cc1N)OCC(=O)N2. The number of amides is 1. The van der Waals surface area contributed by atoms with Gasteiger partial charge < -0.3 is 25.4 Å². The Bertz CT molecular complexity index is 541. The van der Waals surface area contributed by atoms with Crippen molar-refractivity contribution >= 4 is 23.0 Å². The van der Waals surface area contributed by atoms with Crippen molar-refractivity contribution in [1.82, 2.24) is 0 Å². The van der Waals surface area contributed by atoms with Gasteiger partial charge in [-0.25, -0.2) is 0 Å². The molecule has 0 aromatic heterocycles. The summed E-state index contributed by atoms with van der Waals surface area (Å²) in [7, 11) is 2.03. The van der Waals surface area contributed by atoms with E-state index in [9.17, 15) is 4.79 Å². The molecule has 3 N–H and O–H groups in total. The number of anilines is 3. The summed E-state index contributed by atoms with van der Waals surface area (Å²) < 4.78 is 10.8. The minimum atomic E-state index is -0.134. The van der Waals surface area contributed by atoms with Crippen LogP contribution in [-0.4, -0.2) is 39.3 Å². The van der Waals surface area contributed by atoms with Crippen molar-refractivity contribution in [3.05, 3.63) is 12.1 Å². The quantitative estimate of drug-likeness (QED) is 0.825. The number of nitrogens with zero attached hydrogens (tertiary/aromatic N) is 1. The van der Waals surface area contributed by atoms with Gasteiger partial charge in [-0.2, -0.15) is 0 Å². The third kappa shape index (κ3) is 3.05. The Morgan fingerprint density at radius 2 is 2.14 bits per heavy atom. The lowest BCUT2D eigenvalue weighted by atomic mass is 9.99. The highest BCUT2D eigenvalue weighted by atomic mass is 16.5. The molecule has 2 aliphatic heterocycles. The number of benzene rings is 1. The highest BCUT2D eigenvalue weighted by Crippen LogP contribution is 2.37. The molecular formula is C15H21N3O3. The van der Waals surface area contributed by atoms with E-state index in [0.717, 1.165) is 38.3 Å². The first-order valence-electron chi connectivity index (χ1n) is 7.28. The molecule has 0 atom stereocenters. The van der Waals surface area contributed by atoms with Gasteiger partial charge in [0.15, 0.2) is 6.61 Å². The summed E-state index contributed by atoms with van der Waals surface area (Å²) in [5.41, 5.74) is 8.40. The van der Waals surface area contributed by atoms with Crippen LogP contribution < -0.4 is 20.7 Å². The van der Waals surface area contributed by atoms with E-state index in [2.05, 4.69) is 10.2 Å². The highest BCUT2D eigenvalue weighted by molar-refractivity contribution is 5.97. The molecule has 1 aromatic carbocycles. The first-order valence-corrected chi connectivity index (χ1v) is 7.28. The standard InChI is InChI=1S/C15H21N3O3/c1-18(8-10-2-4-20-5-3-10)13-7-12-14(6-11(13)16)21-9-15(19)17-12/h6-7,10H,2-5,8-9,16H2,1H3,(H,17,19). The zero-order valence-corrected chi connectivity index (χ0v) is 12.2. The number of ether oxygens (including phenoxy) is 2. The van der Waals surface area contributed by atoms with Crippen molar-refractivity contribution in [1.29, 1.82) is 0 Å². The average molecular weight is 291 g/mol. The van der Waals surface area contributed by atoms with E-state index in [1.807, 2.05) is 13.1 Å². The zero-order valence-electron chi connectivity index (χ0n) is 12.2. The topological polar surface area (TPSA) is 76.8 Å². The summed E-state index contributed by atoms with van der Waals surface area (Å²) >= 11 is 0. The minimum absolute atomic E-state index is 0.0453. The van der Waals surface area contributed by atoms with Crippen LogP contribution in [0.3, 0.4) is 0 Å². The fraction of sp³-hybridized carbons (Fsp3) is 0.533. The summed E-state index contributed by atoms with van der Waals surface area (Å²) in [6, 6.07) is 3.67. The monoisotopic (exact) mass is 291 g/mol. The maximum absolute atomic E-state index is 11.4. The minimum Gasteiger partial charge on any atom is -0.482 e. The van der Waals surface area contributed by atoms with Crippen LogP contribution in [0.15, 0.2) is 12.1 Å². The van der Waals surface area contributed by atoms with Crippen molar-refractivity contribution < 1.29 is 14.3 Å². The van der Waals surface area contributed by atoms with Crippen molar-refractivity contribution in [2.45, 2.75) is 12.8 Å². The number of nitrogens with one attached hydrogen (secondary N) is 1. The largest absolute Gasteiger partial charge is 0.482 e. The maximum Gasteiger partial charge on any atom is 0.262 e. The number of rotatable bonds is 3. The Balaban J connectivity index is 1.77. The molecule has 3 rings (SSSR count). The Morgan fingerprint density at radius 1 is 1.38 bits per heavy atom. The highest BCUT2D eigenvalue weighted by Gasteiger charge is 2.21. The van der Waals surface area contributed by atoms with E-state index >= 15 is 0 Å². The number of carbonyl (C=O) groups excluding carboxylic acids is 1. The molecule has 0 aliphatic carbocycles. The number of nitrogens with two attached hydrogens (primary N) is 1. The van der Waals surface area contributed by atoms with E-state index in [1.165, 1.54) is 0 Å². The molecule has 1 fully saturated rings. The second-order valence-corrected chi connectivity index (χ2v) is 5.68. The average Bonchev–Trinajstić information content (AvgIpc) is 2.48. The Hall–Kier alpha value is -1.95. The fourth-order valence-electron chi connectivity index (χ4n) is 2.88. The van der Waals surface area contributed by atoms with Gasteiger partial charge in [0.2, 0.25) is 0 Å². The summed E-state index contributed by atoms with van der Waals surface area (Å²) in [6.45, 7) is 2.65. The van der Waals surface area contributed by atoms with Crippen LogP contribution in [0.4, 0.5) is 17.1 Å². The summed E-state index contributed by atoms with van der Waals surface area (Å²) in [4.78, 5) is 13.6. The first kappa shape index (κ1) is 14.0. The second-order valence-electron chi connectivity index (χ2n) is 5.68. The summed E-state index contributed by atoms with van der Waals surface area (Å²) in [5, 5.41) is 2.82. The van der Waals surface area contributed by atoms with Crippen molar-refractivity contribution in [3.8, 4) is 5.75 Å². The molecule has 0 unspecified atom stereocenters. The zero-order chi connectivity index (χ0) is 14.8. The van der Waals surface area contributed by atoms with Gasteiger partial charge in [0.05, 0.1) is 17.1 Å². The third-order valence-corrected chi connectivity index (χ3v) is 4.05. The van der Waals surface area contributed by atoms with Gasteiger partial charge in [-0.05, 0) is 24.8 Å². The Morgan fingerprint density at radius 3 is 2.90 bits per heavy atom. The second kappa shape index (κ2) is 5.81. The molecule has 6 nitrogen and oxygen atoms in total. The molecule has 2 aliphatic rings. The van der Waals surface area contributed by atoms with Crippen molar-refractivity contribution in [3.63, 3.8) is 0 Å². The van der Waals surface area contributed by atoms with Gasteiger partial charge in [-0.15, -0.1) is 0 Å². The molecule has 6 heteroatoms. The third-order valence-electron chi connectivity index (χ3n) is 4.05. The maximum atomic E-state index is 11.4. The van der Waals surface area contributed by atoms with Crippen LogP contribution in [0.2, 0.25) is 0 Å². The van der Waals surface area contributed by atoms with Crippen LogP contribution in [-0.2, 0) is 9.53 Å². The first-order chi connectivity index (χ1) is 10.1. The van der Waals surface area contributed by atoms with Crippen molar-refractivity contribution in [2.75, 3.05) is 49.4 Å². The van der Waals surface area contributed by atoms with Crippen molar-refractivity contribution in [2.24, 2.45) is 5.92 Å². The predicted molar refractivity (Wildman–Crippen MR) is 81.8 cm³/mol. The van der Waals surface area contributed by atoms with Gasteiger partial charge in [-0.1, -0.05) is 0 Å². The smallest absolute Gasteiger partial charge is 0.262 e. The molecule has 0 bridgehead atoms. The molecule has 1 saturated heterocycles. The van der Waals surface area contributed by atoms with Crippen LogP contribution in [0.25, 0.3) is 0 Å². The van der Waals surface area contributed by atoms with Gasteiger partial charge in [0.1, 0.15) is 5.75 Å². The molecule has 0 spiro atoms. The lowest BCUT2D eigenvalue weighted by Crippen LogP contribution is -2.30. The Kier molecular flexibility index (Phi) is 3.88. The molecule has 114 valence electrons. The van der Waals surface area contributed by atoms with E-state index < -0.39 is 0 Å². The number of hydrogen-bond acceptors (Lipinski definition) is 5. The molecule has 2 heterocycles. The van der Waals surface area contributed by atoms with Gasteiger partial charge in [-0.3, -0.25) is 4.79 Å². The van der Waals surface area contributed by atoms with Crippen LogP contribution in [0.1, 0.15) is 12.8 Å². The van der Waals surface area contributed by atoms with Crippen LogP contribution in [0, 0.1) is 5.92 Å². The lowest BCUT2D eigenvalue weighted by Gasteiger charge is -2.30. The van der Waals surface area contributed by atoms with Gasteiger partial charge in [0, 0.05) is 32.9 Å². The molecule has 1 amide bonds. The van der Waals surface area contributed by atoms with Gasteiger partial charge >= 0.3 is 0 Å². The number of hydrogen-bond donors (Lipinski definition) is 2. The summed E-state index contributed by atoms with van der Waals surface area (Å²) in [5.74, 6) is 1.12. The molecule has 0 radical (unpaired) electrons. The number of carbonyl (C=O) groups is 1. The Labute approximate surface area is 124 Å². The molecule has 0 saturated carbocycles.